The number of cyclic esters (lactones) is 2. The molecule has 0 aromatic heterocycles. The lowest BCUT2D eigenvalue weighted by Gasteiger charge is -2.38. The molecule has 2 N–H and O–H groups in total. The summed E-state index contributed by atoms with van der Waals surface area (Å²) in [6.45, 7) is 3.01. The summed E-state index contributed by atoms with van der Waals surface area (Å²) in [4.78, 5) is 50.9. The molecular weight excluding hydrogens is 470 g/mol. The summed E-state index contributed by atoms with van der Waals surface area (Å²) >= 11 is 0. The van der Waals surface area contributed by atoms with Gasteiger partial charge in [0.15, 0.2) is 12.2 Å². The second-order valence-electron chi connectivity index (χ2n) is 7.63. The largest absolute Gasteiger partial charge is 0.514 e. The third kappa shape index (κ3) is 6.16. The second kappa shape index (κ2) is 10.7. The maximum absolute atomic E-state index is 12.6. The first-order chi connectivity index (χ1) is 16.6. The number of hydrogen-bond acceptors (Lipinski definition) is 12. The van der Waals surface area contributed by atoms with Gasteiger partial charge in [-0.2, -0.15) is 0 Å². The number of carbonyl (C=O) groups excluding carboxylic acids is 3. The van der Waals surface area contributed by atoms with Gasteiger partial charge in [0.2, 0.25) is 5.76 Å². The van der Waals surface area contributed by atoms with E-state index in [0.717, 1.165) is 19.2 Å². The number of nitrogens with zero attached hydrogens (tertiary/aromatic N) is 2. The number of nitrogens with two attached hydrogens (primary N) is 1. The van der Waals surface area contributed by atoms with Crippen LogP contribution < -0.4 is 10.5 Å². The van der Waals surface area contributed by atoms with Crippen LogP contribution >= 0.6 is 0 Å². The topological polar surface area (TPSA) is 188 Å². The fourth-order valence-corrected chi connectivity index (χ4v) is 3.49. The summed E-state index contributed by atoms with van der Waals surface area (Å²) in [5, 5.41) is 10.8. The summed E-state index contributed by atoms with van der Waals surface area (Å²) < 4.78 is 31.0. The molecule has 0 unspecified atom stereocenters. The number of nitro benzene ring substituents is 1. The number of ether oxygens (including phenoxy) is 6. The number of aliphatic imine (C=N–C) groups is 1. The minimum atomic E-state index is -1.30. The van der Waals surface area contributed by atoms with E-state index in [-0.39, 0.29) is 29.6 Å². The highest BCUT2D eigenvalue weighted by molar-refractivity contribution is 5.86. The van der Waals surface area contributed by atoms with E-state index in [0.29, 0.717) is 0 Å². The van der Waals surface area contributed by atoms with E-state index in [2.05, 4.69) is 4.99 Å². The van der Waals surface area contributed by atoms with Gasteiger partial charge in [0, 0.05) is 18.1 Å². The van der Waals surface area contributed by atoms with Crippen LogP contribution in [0.15, 0.2) is 41.1 Å². The van der Waals surface area contributed by atoms with Crippen molar-refractivity contribution in [1.82, 2.24) is 0 Å². The molecule has 1 saturated heterocycles. The zero-order valence-electron chi connectivity index (χ0n) is 18.9. The summed E-state index contributed by atoms with van der Waals surface area (Å²) in [5.74, 6) is -1.34. The van der Waals surface area contributed by atoms with Crippen LogP contribution in [0.5, 0.6) is 5.75 Å². The monoisotopic (exact) mass is 493 g/mol. The molecular formula is C21H23N3O11. The smallest absolute Gasteiger partial charge is 0.479 e. The molecule has 2 heterocycles. The lowest BCUT2D eigenvalue weighted by Crippen LogP contribution is -2.51. The van der Waals surface area contributed by atoms with Gasteiger partial charge in [-0.25, -0.2) is 14.4 Å². The van der Waals surface area contributed by atoms with Crippen molar-refractivity contribution in [3.8, 4) is 5.75 Å². The maximum atomic E-state index is 12.6. The van der Waals surface area contributed by atoms with Crippen LogP contribution in [0.25, 0.3) is 0 Å². The number of methoxy groups -OCH3 is 1. The Hall–Kier alpha value is -4.36. The van der Waals surface area contributed by atoms with Gasteiger partial charge >= 0.3 is 18.3 Å². The number of rotatable bonds is 7. The number of carbonyl (C=O) groups is 3. The molecule has 35 heavy (non-hydrogen) atoms. The molecule has 0 bridgehead atoms. The molecule has 1 fully saturated rings. The Balaban J connectivity index is 1.86. The normalized spacial score (nSPS) is 24.7. The second-order valence-corrected chi connectivity index (χ2v) is 7.63. The molecule has 0 spiro atoms. The van der Waals surface area contributed by atoms with Crippen molar-refractivity contribution < 1.29 is 47.7 Å². The summed E-state index contributed by atoms with van der Waals surface area (Å²) in [6.07, 6.45) is -4.23. The number of non-ortho nitro benzene ring substituents is 1. The molecule has 2 aliphatic rings. The van der Waals surface area contributed by atoms with E-state index >= 15 is 0 Å². The molecule has 188 valence electrons. The third-order valence-electron chi connectivity index (χ3n) is 5.17. The van der Waals surface area contributed by atoms with Crippen molar-refractivity contribution in [2.45, 2.75) is 38.2 Å². The van der Waals surface area contributed by atoms with Crippen molar-refractivity contribution in [3.05, 3.63) is 46.2 Å². The van der Waals surface area contributed by atoms with Crippen LogP contribution in [0.3, 0.4) is 0 Å². The van der Waals surface area contributed by atoms with Gasteiger partial charge in [-0.05, 0) is 25.1 Å². The molecule has 1 aromatic rings. The van der Waals surface area contributed by atoms with Gasteiger partial charge in [-0.1, -0.05) is 6.92 Å². The summed E-state index contributed by atoms with van der Waals surface area (Å²) in [5.41, 5.74) is 5.52. The zero-order valence-corrected chi connectivity index (χ0v) is 18.9. The quantitative estimate of drug-likeness (QED) is 0.111. The average molecular weight is 493 g/mol. The Labute approximate surface area is 198 Å². The first-order valence-corrected chi connectivity index (χ1v) is 10.3. The Kier molecular flexibility index (Phi) is 7.73. The number of benzene rings is 1. The Bertz CT molecular complexity index is 1050. The van der Waals surface area contributed by atoms with Gasteiger partial charge in [-0.15, -0.1) is 0 Å². The van der Waals surface area contributed by atoms with Gasteiger partial charge in [-0.3, -0.25) is 15.1 Å². The van der Waals surface area contributed by atoms with Crippen LogP contribution in [0.1, 0.15) is 13.8 Å². The van der Waals surface area contributed by atoms with Crippen molar-refractivity contribution in [2.24, 2.45) is 16.6 Å². The standard InChI is InChI=1S/C21H23N3O11/c1-10-14(23-11(2)22)8-15(19(25)30-3)33-17(10)18(16-9-31-20(26)34-16)35-21(27)32-13-6-4-12(5-7-13)24(28)29/h4-8,10,14,16-18H,9H2,1-3H3,(H2,22,23)/t10-,14+,16-,17-,18-/m1/s1. The van der Waals surface area contributed by atoms with Crippen molar-refractivity contribution in [2.75, 3.05) is 13.7 Å². The Morgan fingerprint density at radius 1 is 1.26 bits per heavy atom. The van der Waals surface area contributed by atoms with Crippen LogP contribution in [-0.4, -0.2) is 67.1 Å². The molecule has 0 saturated carbocycles. The third-order valence-corrected chi connectivity index (χ3v) is 5.17. The highest BCUT2D eigenvalue weighted by Gasteiger charge is 2.48. The van der Waals surface area contributed by atoms with Crippen molar-refractivity contribution in [1.29, 1.82) is 0 Å². The van der Waals surface area contributed by atoms with Crippen LogP contribution in [0, 0.1) is 16.0 Å². The molecule has 0 aliphatic carbocycles. The predicted molar refractivity (Wildman–Crippen MR) is 115 cm³/mol. The van der Waals surface area contributed by atoms with Crippen molar-refractivity contribution in [3.63, 3.8) is 0 Å². The number of hydrogen-bond donors (Lipinski definition) is 1. The summed E-state index contributed by atoms with van der Waals surface area (Å²) in [6, 6.07) is 4.04. The minimum absolute atomic E-state index is 0.0343. The van der Waals surface area contributed by atoms with E-state index in [1.54, 1.807) is 13.8 Å². The van der Waals surface area contributed by atoms with E-state index in [1.165, 1.54) is 18.2 Å². The predicted octanol–water partition coefficient (Wildman–Crippen LogP) is 1.85. The molecule has 2 aliphatic heterocycles. The highest BCUT2D eigenvalue weighted by atomic mass is 16.8. The van der Waals surface area contributed by atoms with Gasteiger partial charge in [0.1, 0.15) is 18.5 Å². The van der Waals surface area contributed by atoms with E-state index in [4.69, 9.17) is 34.2 Å². The lowest BCUT2D eigenvalue weighted by atomic mass is 9.87. The minimum Gasteiger partial charge on any atom is -0.479 e. The summed E-state index contributed by atoms with van der Waals surface area (Å²) in [7, 11) is 1.16. The number of amidine groups is 1. The Morgan fingerprint density at radius 3 is 2.49 bits per heavy atom. The molecule has 1 aromatic carbocycles. The van der Waals surface area contributed by atoms with E-state index in [1.807, 2.05) is 0 Å². The molecule has 3 rings (SSSR count). The van der Waals surface area contributed by atoms with E-state index in [9.17, 15) is 24.5 Å². The highest BCUT2D eigenvalue weighted by Crippen LogP contribution is 2.33. The fourth-order valence-electron chi connectivity index (χ4n) is 3.49. The maximum Gasteiger partial charge on any atom is 0.514 e. The molecule has 14 nitrogen and oxygen atoms in total. The van der Waals surface area contributed by atoms with Gasteiger partial charge < -0.3 is 34.2 Å². The van der Waals surface area contributed by atoms with Crippen molar-refractivity contribution >= 4 is 29.8 Å². The van der Waals surface area contributed by atoms with Crippen LogP contribution in [-0.2, 0) is 28.5 Å². The molecule has 0 amide bonds. The molecule has 14 heteroatoms. The van der Waals surface area contributed by atoms with Gasteiger partial charge in [0.05, 0.1) is 23.9 Å². The van der Waals surface area contributed by atoms with Crippen LogP contribution in [0.2, 0.25) is 0 Å². The molecule has 5 atom stereocenters. The fraction of sp³-hybridized carbons (Fsp3) is 0.429. The first kappa shape index (κ1) is 25.3. The van der Waals surface area contributed by atoms with E-state index < -0.39 is 53.5 Å². The Morgan fingerprint density at radius 2 is 1.94 bits per heavy atom. The zero-order chi connectivity index (χ0) is 25.7. The first-order valence-electron chi connectivity index (χ1n) is 10.3. The SMILES string of the molecule is COC(=O)C1=C[C@H](N=C(C)N)[C@@H](C)[C@H]([C@H](OC(=O)Oc2ccc([N+](=O)[O-])cc2)[C@H]2COC(=O)O2)O1. The number of esters is 1. The average Bonchev–Trinajstić information content (AvgIpc) is 3.24. The van der Waals surface area contributed by atoms with Crippen LogP contribution in [0.4, 0.5) is 15.3 Å². The molecule has 0 radical (unpaired) electrons. The lowest BCUT2D eigenvalue weighted by molar-refractivity contribution is -0.384. The number of nitro groups is 1. The van der Waals surface area contributed by atoms with Gasteiger partial charge in [0.25, 0.3) is 5.69 Å².